The Kier molecular flexibility index (Phi) is 3.69. The van der Waals surface area contributed by atoms with Crippen molar-refractivity contribution in [1.29, 1.82) is 0 Å². The Morgan fingerprint density at radius 1 is 1.31 bits per heavy atom. The molecule has 0 aliphatic carbocycles. The molecule has 88 valence electrons. The van der Waals surface area contributed by atoms with Crippen molar-refractivity contribution in [1.82, 2.24) is 0 Å². The van der Waals surface area contributed by atoms with Crippen LogP contribution in [0.25, 0.3) is 0 Å². The smallest absolute Gasteiger partial charge is 0.0419 e. The molecule has 2 rings (SSSR count). The third-order valence-corrected chi connectivity index (χ3v) is 8.00. The Bertz CT molecular complexity index is 358. The summed E-state index contributed by atoms with van der Waals surface area (Å²) >= 11 is 0. The number of benzene rings is 1. The molecule has 1 aliphatic heterocycles. The van der Waals surface area contributed by atoms with Gasteiger partial charge < -0.3 is 5.32 Å². The van der Waals surface area contributed by atoms with Crippen LogP contribution in [0.5, 0.6) is 0 Å². The van der Waals surface area contributed by atoms with Gasteiger partial charge in [0.15, 0.2) is 0 Å². The zero-order valence-electron chi connectivity index (χ0n) is 10.7. The molecule has 0 bridgehead atoms. The van der Waals surface area contributed by atoms with Gasteiger partial charge in [-0.25, -0.2) is 0 Å². The lowest BCUT2D eigenvalue weighted by Gasteiger charge is -2.31. The summed E-state index contributed by atoms with van der Waals surface area (Å²) in [6.45, 7) is 8.19. The summed E-state index contributed by atoms with van der Waals surface area (Å²) in [7, 11) is -0.510. The van der Waals surface area contributed by atoms with Gasteiger partial charge in [-0.2, -0.15) is 0 Å². The predicted octanol–water partition coefficient (Wildman–Crippen LogP) is 3.60. The minimum absolute atomic E-state index is 0.510. The van der Waals surface area contributed by atoms with Crippen LogP contribution in [0.2, 0.25) is 17.6 Å². The molecular formula is C14H23NSi. The predicted molar refractivity (Wildman–Crippen MR) is 75.2 cm³/mol. The van der Waals surface area contributed by atoms with E-state index in [2.05, 4.69) is 44.3 Å². The molecule has 1 aromatic rings. The quantitative estimate of drug-likeness (QED) is 0.787. The van der Waals surface area contributed by atoms with Crippen molar-refractivity contribution in [3.8, 4) is 0 Å². The Balaban J connectivity index is 2.17. The highest BCUT2D eigenvalue weighted by atomic mass is 28.3. The van der Waals surface area contributed by atoms with Crippen molar-refractivity contribution in [2.24, 2.45) is 0 Å². The molecule has 1 heterocycles. The lowest BCUT2D eigenvalue weighted by molar-refractivity contribution is 0.794. The average molecular weight is 233 g/mol. The molecule has 2 heteroatoms. The largest absolute Gasteiger partial charge is 0.385 e. The zero-order chi connectivity index (χ0) is 11.5. The first-order chi connectivity index (χ1) is 7.76. The van der Waals surface area contributed by atoms with Crippen LogP contribution in [-0.2, 0) is 6.42 Å². The molecule has 1 nitrogen and oxygen atoms in total. The van der Waals surface area contributed by atoms with E-state index in [-0.39, 0.29) is 0 Å². The van der Waals surface area contributed by atoms with Gasteiger partial charge in [0, 0.05) is 21.0 Å². The number of fused-ring (bicyclic) bond motifs is 1. The molecular weight excluding hydrogens is 210 g/mol. The fourth-order valence-corrected chi connectivity index (χ4v) is 5.98. The van der Waals surface area contributed by atoms with E-state index in [1.807, 2.05) is 0 Å². The third-order valence-electron chi connectivity index (χ3n) is 4.10. The fraction of sp³-hybridized carbons (Fsp3) is 0.571. The summed E-state index contributed by atoms with van der Waals surface area (Å²) in [4.78, 5) is 0. The molecule has 1 unspecified atom stereocenters. The maximum absolute atomic E-state index is 3.66. The Morgan fingerprint density at radius 2 is 2.06 bits per heavy atom. The summed E-state index contributed by atoms with van der Waals surface area (Å²) in [5.41, 5.74) is 5.33. The highest BCUT2D eigenvalue weighted by Gasteiger charge is 2.25. The highest BCUT2D eigenvalue weighted by Crippen LogP contribution is 2.33. The summed E-state index contributed by atoms with van der Waals surface area (Å²) in [6, 6.07) is 9.61. The normalized spacial score (nSPS) is 19.4. The number of hydrogen-bond acceptors (Lipinski definition) is 1. The van der Waals surface area contributed by atoms with Crippen LogP contribution in [0.3, 0.4) is 0 Å². The third kappa shape index (κ3) is 2.17. The molecule has 1 aromatic carbocycles. The summed E-state index contributed by atoms with van der Waals surface area (Å²) in [5, 5.41) is 3.66. The average Bonchev–Trinajstić information content (AvgIpc) is 2.31. The van der Waals surface area contributed by atoms with Gasteiger partial charge in [-0.15, -0.1) is 0 Å². The van der Waals surface area contributed by atoms with E-state index in [0.717, 1.165) is 5.54 Å². The van der Waals surface area contributed by atoms with E-state index in [0.29, 0.717) is 0 Å². The minimum atomic E-state index is -0.510. The van der Waals surface area contributed by atoms with Gasteiger partial charge in [-0.05, 0) is 30.0 Å². The van der Waals surface area contributed by atoms with E-state index < -0.39 is 8.80 Å². The number of rotatable bonds is 3. The number of hydrogen-bond donors (Lipinski definition) is 1. The monoisotopic (exact) mass is 233 g/mol. The van der Waals surface area contributed by atoms with Crippen molar-refractivity contribution < 1.29 is 0 Å². The SMILES string of the molecule is CC[SiH](CC)C1CNc2c(C)cccc2C1. The first-order valence-corrected chi connectivity index (χ1v) is 8.88. The second-order valence-corrected chi connectivity index (χ2v) is 9.13. The molecule has 1 N–H and O–H groups in total. The summed E-state index contributed by atoms with van der Waals surface area (Å²) in [5.74, 6) is 0. The van der Waals surface area contributed by atoms with E-state index in [1.165, 1.54) is 36.3 Å². The van der Waals surface area contributed by atoms with Crippen LogP contribution in [0, 0.1) is 6.92 Å². The summed E-state index contributed by atoms with van der Waals surface area (Å²) < 4.78 is 0. The number of aryl methyl sites for hydroxylation is 1. The van der Waals surface area contributed by atoms with Crippen LogP contribution in [-0.4, -0.2) is 15.3 Å². The molecule has 0 aromatic heterocycles. The van der Waals surface area contributed by atoms with Gasteiger partial charge >= 0.3 is 0 Å². The number of para-hydroxylation sites is 1. The van der Waals surface area contributed by atoms with E-state index >= 15 is 0 Å². The van der Waals surface area contributed by atoms with Gasteiger partial charge in [0.25, 0.3) is 0 Å². The van der Waals surface area contributed by atoms with Crippen LogP contribution in [0.15, 0.2) is 18.2 Å². The molecule has 0 saturated heterocycles. The van der Waals surface area contributed by atoms with Gasteiger partial charge in [0.05, 0.1) is 0 Å². The number of anilines is 1. The van der Waals surface area contributed by atoms with Crippen molar-refractivity contribution in [3.05, 3.63) is 29.3 Å². The van der Waals surface area contributed by atoms with Crippen molar-refractivity contribution >= 4 is 14.5 Å². The Hall–Kier alpha value is -0.763. The van der Waals surface area contributed by atoms with Crippen LogP contribution in [0.1, 0.15) is 25.0 Å². The van der Waals surface area contributed by atoms with Crippen LogP contribution in [0.4, 0.5) is 5.69 Å². The standard InChI is InChI=1S/C14H23NSi/c1-4-16(5-2)13-9-12-8-6-7-11(3)14(12)15-10-13/h6-8,13,15-16H,4-5,9-10H2,1-3H3. The van der Waals surface area contributed by atoms with Crippen LogP contribution < -0.4 is 5.32 Å². The zero-order valence-corrected chi connectivity index (χ0v) is 11.9. The second kappa shape index (κ2) is 5.04. The lowest BCUT2D eigenvalue weighted by Crippen LogP contribution is -2.30. The first-order valence-electron chi connectivity index (χ1n) is 6.58. The molecule has 0 radical (unpaired) electrons. The van der Waals surface area contributed by atoms with Crippen molar-refractivity contribution in [2.75, 3.05) is 11.9 Å². The van der Waals surface area contributed by atoms with E-state index in [4.69, 9.17) is 0 Å². The van der Waals surface area contributed by atoms with Gasteiger partial charge in [-0.3, -0.25) is 0 Å². The van der Waals surface area contributed by atoms with Gasteiger partial charge in [0.2, 0.25) is 0 Å². The molecule has 0 saturated carbocycles. The molecule has 0 amide bonds. The topological polar surface area (TPSA) is 12.0 Å². The fourth-order valence-electron chi connectivity index (χ4n) is 3.03. The van der Waals surface area contributed by atoms with Gasteiger partial charge in [-0.1, -0.05) is 44.1 Å². The minimum Gasteiger partial charge on any atom is -0.385 e. The van der Waals surface area contributed by atoms with E-state index in [9.17, 15) is 0 Å². The first kappa shape index (κ1) is 11.7. The molecule has 1 aliphatic rings. The second-order valence-electron chi connectivity index (χ2n) is 5.03. The highest BCUT2D eigenvalue weighted by molar-refractivity contribution is 6.60. The Morgan fingerprint density at radius 3 is 2.75 bits per heavy atom. The van der Waals surface area contributed by atoms with E-state index in [1.54, 1.807) is 5.56 Å². The molecule has 0 fully saturated rings. The Labute approximate surface area is 101 Å². The maximum Gasteiger partial charge on any atom is 0.0419 e. The lowest BCUT2D eigenvalue weighted by atomic mass is 10.00. The van der Waals surface area contributed by atoms with Crippen molar-refractivity contribution in [2.45, 2.75) is 44.8 Å². The van der Waals surface area contributed by atoms with Gasteiger partial charge in [0.1, 0.15) is 0 Å². The van der Waals surface area contributed by atoms with Crippen LogP contribution >= 0.6 is 0 Å². The molecule has 1 atom stereocenters. The maximum atomic E-state index is 3.66. The molecule has 16 heavy (non-hydrogen) atoms. The molecule has 0 spiro atoms. The number of nitrogens with one attached hydrogen (secondary N) is 1. The van der Waals surface area contributed by atoms with Crippen molar-refractivity contribution in [3.63, 3.8) is 0 Å². The summed E-state index contributed by atoms with van der Waals surface area (Å²) in [6.07, 6.45) is 1.32.